The van der Waals surface area contributed by atoms with E-state index in [0.29, 0.717) is 5.65 Å². The number of imidazole rings is 1. The number of hydrogen-bond acceptors (Lipinski definition) is 6. The van der Waals surface area contributed by atoms with Gasteiger partial charge in [0.2, 0.25) is 0 Å². The van der Waals surface area contributed by atoms with E-state index in [1.165, 1.54) is 6.33 Å². The molecule has 3 unspecified atom stereocenters. The third kappa shape index (κ3) is 1.51. The molecule has 3 heterocycles. The third-order valence-electron chi connectivity index (χ3n) is 5.21. The molecule has 1 saturated heterocycles. The molecule has 3 N–H and O–H groups in total. The molecule has 0 bridgehead atoms. The Labute approximate surface area is 122 Å². The molecule has 0 amide bonds. The molecule has 0 radical (unpaired) electrons. The maximum Gasteiger partial charge on any atom is 0.180 e. The van der Waals surface area contributed by atoms with Gasteiger partial charge in [-0.05, 0) is 25.8 Å². The highest BCUT2D eigenvalue weighted by atomic mass is 16.5. The fourth-order valence-electron chi connectivity index (χ4n) is 4.25. The zero-order valence-electron chi connectivity index (χ0n) is 12.0. The van der Waals surface area contributed by atoms with Crippen LogP contribution < -0.4 is 5.32 Å². The molecule has 4 rings (SSSR count). The molecule has 1 aliphatic heterocycles. The van der Waals surface area contributed by atoms with Gasteiger partial charge in [0, 0.05) is 19.1 Å². The monoisotopic (exact) mass is 289 g/mol. The van der Waals surface area contributed by atoms with Crippen molar-refractivity contribution in [1.29, 1.82) is 0 Å². The van der Waals surface area contributed by atoms with Crippen LogP contribution in [0.15, 0.2) is 12.7 Å². The summed E-state index contributed by atoms with van der Waals surface area (Å²) in [5, 5.41) is 14.0. The smallest absolute Gasteiger partial charge is 0.180 e. The van der Waals surface area contributed by atoms with Crippen LogP contribution in [0.5, 0.6) is 0 Å². The molecule has 2 aliphatic rings. The Bertz CT molecular complexity index is 661. The fraction of sp³-hybridized carbons (Fsp3) is 0.643. The van der Waals surface area contributed by atoms with Crippen molar-refractivity contribution in [2.75, 3.05) is 20.2 Å². The number of nitrogens with one attached hydrogen (secondary N) is 2. The highest BCUT2D eigenvalue weighted by molar-refractivity contribution is 5.74. The predicted molar refractivity (Wildman–Crippen MR) is 75.5 cm³/mol. The predicted octanol–water partition coefficient (Wildman–Crippen LogP) is 0.329. The first-order valence-electron chi connectivity index (χ1n) is 7.32. The maximum absolute atomic E-state index is 10.6. The standard InChI is InChI=1S/C14H19N5O2/c1-21-14(9(20)5-13(14)3-2-4-15-6-13)11-10-12(18-7-16-10)19-8-17-11/h7-9,15,20H,2-6H2,1H3,(H,16,17,18,19). The molecular formula is C14H19N5O2. The van der Waals surface area contributed by atoms with E-state index >= 15 is 0 Å². The van der Waals surface area contributed by atoms with Crippen molar-refractivity contribution in [2.45, 2.75) is 31.0 Å². The van der Waals surface area contributed by atoms with Gasteiger partial charge in [0.15, 0.2) is 5.65 Å². The van der Waals surface area contributed by atoms with E-state index < -0.39 is 11.7 Å². The van der Waals surface area contributed by atoms with Crippen molar-refractivity contribution in [2.24, 2.45) is 5.41 Å². The lowest BCUT2D eigenvalue weighted by atomic mass is 9.50. The van der Waals surface area contributed by atoms with Crippen molar-refractivity contribution < 1.29 is 9.84 Å². The molecule has 7 nitrogen and oxygen atoms in total. The summed E-state index contributed by atoms with van der Waals surface area (Å²) >= 11 is 0. The second-order valence-electron chi connectivity index (χ2n) is 6.04. The van der Waals surface area contributed by atoms with E-state index in [0.717, 1.165) is 43.6 Å². The second kappa shape index (κ2) is 4.46. The normalized spacial score (nSPS) is 36.0. The first-order chi connectivity index (χ1) is 10.2. The Morgan fingerprint density at radius 3 is 3.00 bits per heavy atom. The minimum absolute atomic E-state index is 0.119. The minimum atomic E-state index is -0.797. The molecule has 1 saturated carbocycles. The Kier molecular flexibility index (Phi) is 2.79. The average molecular weight is 289 g/mol. The number of fused-ring (bicyclic) bond motifs is 1. The summed E-state index contributed by atoms with van der Waals surface area (Å²) in [6.07, 6.45) is 5.36. The van der Waals surface area contributed by atoms with Gasteiger partial charge in [-0.1, -0.05) is 0 Å². The zero-order chi connectivity index (χ0) is 14.5. The Morgan fingerprint density at radius 2 is 2.29 bits per heavy atom. The number of ether oxygens (including phenoxy) is 1. The van der Waals surface area contributed by atoms with Crippen molar-refractivity contribution in [3.05, 3.63) is 18.3 Å². The van der Waals surface area contributed by atoms with Gasteiger partial charge in [-0.3, -0.25) is 0 Å². The summed E-state index contributed by atoms with van der Waals surface area (Å²) in [7, 11) is 1.66. The number of aromatic nitrogens is 4. The molecule has 0 aromatic carbocycles. The number of piperidine rings is 1. The maximum atomic E-state index is 10.6. The summed E-state index contributed by atoms with van der Waals surface area (Å²) in [5.74, 6) is 0. The van der Waals surface area contributed by atoms with Crippen LogP contribution in [-0.2, 0) is 10.3 Å². The number of rotatable bonds is 2. The average Bonchev–Trinajstić information content (AvgIpc) is 2.98. The Balaban J connectivity index is 1.91. The molecule has 2 aromatic heterocycles. The van der Waals surface area contributed by atoms with Gasteiger partial charge >= 0.3 is 0 Å². The lowest BCUT2D eigenvalue weighted by Crippen LogP contribution is -2.70. The van der Waals surface area contributed by atoms with Gasteiger partial charge in [-0.15, -0.1) is 0 Å². The third-order valence-corrected chi connectivity index (χ3v) is 5.21. The van der Waals surface area contributed by atoms with Crippen LogP contribution in [-0.4, -0.2) is 51.3 Å². The van der Waals surface area contributed by atoms with Crippen LogP contribution in [0.2, 0.25) is 0 Å². The molecule has 1 spiro atoms. The van der Waals surface area contributed by atoms with E-state index in [1.807, 2.05) is 0 Å². The highest BCUT2D eigenvalue weighted by Crippen LogP contribution is 2.61. The summed E-state index contributed by atoms with van der Waals surface area (Å²) in [5.41, 5.74) is 1.16. The Morgan fingerprint density at radius 1 is 1.38 bits per heavy atom. The zero-order valence-corrected chi connectivity index (χ0v) is 12.0. The number of nitrogens with zero attached hydrogens (tertiary/aromatic N) is 3. The summed E-state index contributed by atoms with van der Waals surface area (Å²) < 4.78 is 5.91. The van der Waals surface area contributed by atoms with E-state index in [4.69, 9.17) is 4.74 Å². The van der Waals surface area contributed by atoms with E-state index in [1.54, 1.807) is 13.4 Å². The minimum Gasteiger partial charge on any atom is -0.390 e. The fourth-order valence-corrected chi connectivity index (χ4v) is 4.25. The molecule has 112 valence electrons. The van der Waals surface area contributed by atoms with Gasteiger partial charge in [0.1, 0.15) is 23.1 Å². The van der Waals surface area contributed by atoms with Crippen molar-refractivity contribution in [1.82, 2.24) is 25.3 Å². The topological polar surface area (TPSA) is 96.0 Å². The van der Waals surface area contributed by atoms with Crippen LogP contribution in [0.3, 0.4) is 0 Å². The number of aliphatic hydroxyl groups excluding tert-OH is 1. The van der Waals surface area contributed by atoms with Crippen LogP contribution in [0.4, 0.5) is 0 Å². The van der Waals surface area contributed by atoms with Gasteiger partial charge in [0.05, 0.1) is 12.4 Å². The largest absolute Gasteiger partial charge is 0.390 e. The van der Waals surface area contributed by atoms with Crippen LogP contribution in [0.25, 0.3) is 11.2 Å². The summed E-state index contributed by atoms with van der Waals surface area (Å²) in [4.78, 5) is 15.9. The SMILES string of the molecule is COC1(c2ncnc3nc[nH]c23)C(O)CC12CCCNC2. The molecule has 7 heteroatoms. The number of H-pyrrole nitrogens is 1. The molecule has 1 aliphatic carbocycles. The molecular weight excluding hydrogens is 270 g/mol. The molecule has 21 heavy (non-hydrogen) atoms. The molecule has 3 atom stereocenters. The first-order valence-corrected chi connectivity index (χ1v) is 7.32. The van der Waals surface area contributed by atoms with Gasteiger partial charge in [-0.25, -0.2) is 15.0 Å². The van der Waals surface area contributed by atoms with Gasteiger partial charge in [-0.2, -0.15) is 0 Å². The quantitative estimate of drug-likeness (QED) is 0.737. The number of aliphatic hydroxyl groups is 1. The highest BCUT2D eigenvalue weighted by Gasteiger charge is 2.68. The van der Waals surface area contributed by atoms with E-state index in [9.17, 15) is 5.11 Å². The van der Waals surface area contributed by atoms with Gasteiger partial charge in [0.25, 0.3) is 0 Å². The summed E-state index contributed by atoms with van der Waals surface area (Å²) in [6.45, 7) is 1.85. The lowest BCUT2D eigenvalue weighted by molar-refractivity contribution is -0.276. The van der Waals surface area contributed by atoms with Crippen LogP contribution in [0.1, 0.15) is 25.0 Å². The summed E-state index contributed by atoms with van der Waals surface area (Å²) in [6, 6.07) is 0. The van der Waals surface area contributed by atoms with Crippen molar-refractivity contribution in [3.63, 3.8) is 0 Å². The van der Waals surface area contributed by atoms with Crippen molar-refractivity contribution >= 4 is 11.2 Å². The van der Waals surface area contributed by atoms with E-state index in [-0.39, 0.29) is 5.41 Å². The molecule has 2 fully saturated rings. The number of aromatic amines is 1. The molecule has 2 aromatic rings. The van der Waals surface area contributed by atoms with E-state index in [2.05, 4.69) is 25.3 Å². The van der Waals surface area contributed by atoms with Gasteiger partial charge < -0.3 is 20.1 Å². The first kappa shape index (κ1) is 13.1. The number of methoxy groups -OCH3 is 1. The van der Waals surface area contributed by atoms with Crippen LogP contribution >= 0.6 is 0 Å². The Hall–Kier alpha value is -1.57. The van der Waals surface area contributed by atoms with Crippen LogP contribution in [0, 0.1) is 5.41 Å². The lowest BCUT2D eigenvalue weighted by Gasteiger charge is -2.62. The second-order valence-corrected chi connectivity index (χ2v) is 6.04. The number of hydrogen-bond donors (Lipinski definition) is 3. The van der Waals surface area contributed by atoms with Crippen molar-refractivity contribution in [3.8, 4) is 0 Å².